The molecule has 120 valence electrons. The van der Waals surface area contributed by atoms with E-state index in [9.17, 15) is 9.59 Å². The second kappa shape index (κ2) is 7.42. The lowest BCUT2D eigenvalue weighted by molar-refractivity contribution is -0.118. The third-order valence-corrected chi connectivity index (χ3v) is 4.09. The quantitative estimate of drug-likeness (QED) is 0.820. The Morgan fingerprint density at radius 2 is 1.74 bits per heavy atom. The van der Waals surface area contributed by atoms with Crippen molar-refractivity contribution in [1.29, 1.82) is 0 Å². The average Bonchev–Trinajstić information content (AvgIpc) is 2.50. The van der Waals surface area contributed by atoms with E-state index in [4.69, 9.17) is 0 Å². The van der Waals surface area contributed by atoms with Gasteiger partial charge in [0.15, 0.2) is 0 Å². The van der Waals surface area contributed by atoms with Crippen LogP contribution >= 0.6 is 15.9 Å². The van der Waals surface area contributed by atoms with Crippen LogP contribution in [0.3, 0.4) is 0 Å². The molecular weight excluding hydrogens is 356 g/mol. The molecule has 0 spiro atoms. The molecule has 0 aromatic heterocycles. The molecular formula is C18H19BrN2O2. The van der Waals surface area contributed by atoms with E-state index >= 15 is 0 Å². The fraction of sp³-hybridized carbons (Fsp3) is 0.222. The standard InChI is InChI=1S/C18H19BrN2O2/c1-11(2)17(22)20-13-9-8-12(3)16(10-13)21-18(23)14-6-4-5-7-15(14)19/h4-11H,1-3H3,(H,20,22)(H,21,23). The van der Waals surface area contributed by atoms with Crippen LogP contribution in [0.4, 0.5) is 11.4 Å². The van der Waals surface area contributed by atoms with E-state index in [2.05, 4.69) is 26.6 Å². The number of aryl methyl sites for hydroxylation is 1. The van der Waals surface area contributed by atoms with Crippen LogP contribution in [0.2, 0.25) is 0 Å². The van der Waals surface area contributed by atoms with E-state index in [1.165, 1.54) is 0 Å². The lowest BCUT2D eigenvalue weighted by atomic mass is 10.1. The van der Waals surface area contributed by atoms with Crippen molar-refractivity contribution in [1.82, 2.24) is 0 Å². The maximum absolute atomic E-state index is 12.4. The summed E-state index contributed by atoms with van der Waals surface area (Å²) in [4.78, 5) is 24.2. The Kier molecular flexibility index (Phi) is 5.55. The van der Waals surface area contributed by atoms with Crippen molar-refractivity contribution < 1.29 is 9.59 Å². The highest BCUT2D eigenvalue weighted by atomic mass is 79.9. The van der Waals surface area contributed by atoms with E-state index < -0.39 is 0 Å². The number of carbonyl (C=O) groups is 2. The molecule has 4 nitrogen and oxygen atoms in total. The fourth-order valence-electron chi connectivity index (χ4n) is 1.96. The molecule has 2 amide bonds. The SMILES string of the molecule is Cc1ccc(NC(=O)C(C)C)cc1NC(=O)c1ccccc1Br. The van der Waals surface area contributed by atoms with Gasteiger partial charge in [-0.15, -0.1) is 0 Å². The molecule has 0 aliphatic heterocycles. The average molecular weight is 375 g/mol. The number of hydrogen-bond donors (Lipinski definition) is 2. The molecule has 2 N–H and O–H groups in total. The van der Waals surface area contributed by atoms with Gasteiger partial charge in [-0.2, -0.15) is 0 Å². The number of nitrogens with one attached hydrogen (secondary N) is 2. The number of anilines is 2. The number of halogens is 1. The third kappa shape index (κ3) is 4.42. The summed E-state index contributed by atoms with van der Waals surface area (Å²) in [5.41, 5.74) is 2.82. The molecule has 5 heteroatoms. The van der Waals surface area contributed by atoms with Gasteiger partial charge in [-0.3, -0.25) is 9.59 Å². The minimum atomic E-state index is -0.201. The van der Waals surface area contributed by atoms with E-state index in [1.54, 1.807) is 12.1 Å². The predicted octanol–water partition coefficient (Wildman–Crippen LogP) is 4.60. The summed E-state index contributed by atoms with van der Waals surface area (Å²) >= 11 is 3.37. The predicted molar refractivity (Wildman–Crippen MR) is 96.7 cm³/mol. The molecule has 0 saturated heterocycles. The highest BCUT2D eigenvalue weighted by Crippen LogP contribution is 2.23. The zero-order valence-electron chi connectivity index (χ0n) is 13.3. The summed E-state index contributed by atoms with van der Waals surface area (Å²) in [6.07, 6.45) is 0. The molecule has 0 heterocycles. The van der Waals surface area contributed by atoms with Gasteiger partial charge in [0.1, 0.15) is 0 Å². The van der Waals surface area contributed by atoms with Crippen molar-refractivity contribution in [3.05, 3.63) is 58.1 Å². The molecule has 2 aromatic carbocycles. The molecule has 0 aliphatic rings. The molecule has 0 saturated carbocycles. The third-order valence-electron chi connectivity index (χ3n) is 3.40. The van der Waals surface area contributed by atoms with Crippen LogP contribution in [0, 0.1) is 12.8 Å². The monoisotopic (exact) mass is 374 g/mol. The summed E-state index contributed by atoms with van der Waals surface area (Å²) in [7, 11) is 0. The Hall–Kier alpha value is -2.14. The van der Waals surface area contributed by atoms with Gasteiger partial charge >= 0.3 is 0 Å². The number of carbonyl (C=O) groups excluding carboxylic acids is 2. The minimum Gasteiger partial charge on any atom is -0.326 e. The first-order chi connectivity index (χ1) is 10.9. The van der Waals surface area contributed by atoms with Crippen LogP contribution in [0.15, 0.2) is 46.9 Å². The van der Waals surface area contributed by atoms with Gasteiger partial charge in [-0.1, -0.05) is 32.0 Å². The fourth-order valence-corrected chi connectivity index (χ4v) is 2.42. The lowest BCUT2D eigenvalue weighted by Gasteiger charge is -2.13. The van der Waals surface area contributed by atoms with E-state index in [-0.39, 0.29) is 17.7 Å². The molecule has 0 unspecified atom stereocenters. The van der Waals surface area contributed by atoms with Crippen molar-refractivity contribution in [2.45, 2.75) is 20.8 Å². The number of rotatable bonds is 4. The van der Waals surface area contributed by atoms with Crippen LogP contribution in [0.25, 0.3) is 0 Å². The van der Waals surface area contributed by atoms with E-state index in [0.29, 0.717) is 16.9 Å². The normalized spacial score (nSPS) is 10.5. The van der Waals surface area contributed by atoms with Crippen LogP contribution in [0.1, 0.15) is 29.8 Å². The van der Waals surface area contributed by atoms with Crippen molar-refractivity contribution in [3.8, 4) is 0 Å². The van der Waals surface area contributed by atoms with Gasteiger partial charge in [-0.25, -0.2) is 0 Å². The van der Waals surface area contributed by atoms with Gasteiger partial charge in [0.2, 0.25) is 5.91 Å². The van der Waals surface area contributed by atoms with Crippen LogP contribution in [-0.4, -0.2) is 11.8 Å². The molecule has 2 rings (SSSR count). The van der Waals surface area contributed by atoms with Gasteiger partial charge in [0.25, 0.3) is 5.91 Å². The van der Waals surface area contributed by atoms with Crippen LogP contribution < -0.4 is 10.6 Å². The first kappa shape index (κ1) is 17.2. The Morgan fingerprint density at radius 3 is 2.39 bits per heavy atom. The molecule has 0 bridgehead atoms. The summed E-state index contributed by atoms with van der Waals surface area (Å²) < 4.78 is 0.736. The lowest BCUT2D eigenvalue weighted by Crippen LogP contribution is -2.18. The molecule has 2 aromatic rings. The summed E-state index contributed by atoms with van der Waals surface area (Å²) in [5, 5.41) is 5.72. The van der Waals surface area contributed by atoms with Crippen LogP contribution in [-0.2, 0) is 4.79 Å². The molecule has 0 aliphatic carbocycles. The van der Waals surface area contributed by atoms with E-state index in [1.807, 2.05) is 51.1 Å². The molecule has 0 radical (unpaired) electrons. The van der Waals surface area contributed by atoms with Gasteiger partial charge < -0.3 is 10.6 Å². The maximum atomic E-state index is 12.4. The van der Waals surface area contributed by atoms with Gasteiger partial charge in [-0.05, 0) is 52.7 Å². The highest BCUT2D eigenvalue weighted by Gasteiger charge is 2.12. The zero-order chi connectivity index (χ0) is 17.0. The topological polar surface area (TPSA) is 58.2 Å². The highest BCUT2D eigenvalue weighted by molar-refractivity contribution is 9.10. The molecule has 23 heavy (non-hydrogen) atoms. The Balaban J connectivity index is 2.21. The van der Waals surface area contributed by atoms with Crippen LogP contribution in [0.5, 0.6) is 0 Å². The van der Waals surface area contributed by atoms with E-state index in [0.717, 1.165) is 10.0 Å². The minimum absolute atomic E-state index is 0.0584. The molecule has 0 fully saturated rings. The Labute approximate surface area is 144 Å². The number of benzene rings is 2. The van der Waals surface area contributed by atoms with Gasteiger partial charge in [0, 0.05) is 21.8 Å². The van der Waals surface area contributed by atoms with Crippen molar-refractivity contribution in [2.24, 2.45) is 5.92 Å². The van der Waals surface area contributed by atoms with Crippen molar-refractivity contribution >= 4 is 39.1 Å². The Morgan fingerprint density at radius 1 is 1.04 bits per heavy atom. The van der Waals surface area contributed by atoms with Crippen molar-refractivity contribution in [2.75, 3.05) is 10.6 Å². The first-order valence-corrected chi connectivity index (χ1v) is 8.15. The number of amides is 2. The summed E-state index contributed by atoms with van der Waals surface area (Å²) in [6, 6.07) is 12.7. The smallest absolute Gasteiger partial charge is 0.256 e. The first-order valence-electron chi connectivity index (χ1n) is 7.36. The maximum Gasteiger partial charge on any atom is 0.256 e. The Bertz CT molecular complexity index is 742. The summed E-state index contributed by atoms with van der Waals surface area (Å²) in [6.45, 7) is 5.57. The second-order valence-electron chi connectivity index (χ2n) is 5.61. The molecule has 0 atom stereocenters. The van der Waals surface area contributed by atoms with Gasteiger partial charge in [0.05, 0.1) is 5.56 Å². The second-order valence-corrected chi connectivity index (χ2v) is 6.46. The number of hydrogen-bond acceptors (Lipinski definition) is 2. The van der Waals surface area contributed by atoms with Crippen molar-refractivity contribution in [3.63, 3.8) is 0 Å². The largest absolute Gasteiger partial charge is 0.326 e. The zero-order valence-corrected chi connectivity index (χ0v) is 14.9. The summed E-state index contributed by atoms with van der Waals surface area (Å²) in [5.74, 6) is -0.362.